The number of carbonyl (C=O) groups excluding carboxylic acids is 1. The van der Waals surface area contributed by atoms with Gasteiger partial charge in [-0.15, -0.1) is 11.8 Å². The van der Waals surface area contributed by atoms with E-state index in [2.05, 4.69) is 4.98 Å². The molecule has 2 fully saturated rings. The number of nitrogens with zero attached hydrogens (tertiary/aromatic N) is 1. The summed E-state index contributed by atoms with van der Waals surface area (Å²) in [5.41, 5.74) is 1.60. The molecule has 27 heavy (non-hydrogen) atoms. The fraction of sp³-hybridized carbons (Fsp3) is 0.429. The molecule has 2 aliphatic rings. The van der Waals surface area contributed by atoms with Gasteiger partial charge in [-0.3, -0.25) is 4.79 Å². The van der Waals surface area contributed by atoms with Crippen molar-refractivity contribution in [1.82, 2.24) is 4.98 Å². The van der Waals surface area contributed by atoms with Crippen LogP contribution in [-0.4, -0.2) is 23.3 Å². The Kier molecular flexibility index (Phi) is 5.34. The van der Waals surface area contributed by atoms with E-state index in [1.54, 1.807) is 6.07 Å². The Labute approximate surface area is 162 Å². The lowest BCUT2D eigenvalue weighted by Crippen LogP contribution is -2.13. The second-order valence-corrected chi connectivity index (χ2v) is 8.41. The van der Waals surface area contributed by atoms with Crippen molar-refractivity contribution in [2.75, 3.05) is 7.11 Å². The molecule has 0 aliphatic heterocycles. The number of carbonyl (C=O) groups is 1. The third kappa shape index (κ3) is 4.26. The zero-order valence-electron chi connectivity index (χ0n) is 15.2. The molecule has 4 rings (SSSR count). The van der Waals surface area contributed by atoms with Crippen molar-refractivity contribution in [3.63, 3.8) is 0 Å². The van der Waals surface area contributed by atoms with E-state index in [9.17, 15) is 9.18 Å². The van der Waals surface area contributed by atoms with Gasteiger partial charge in [0, 0.05) is 5.25 Å². The minimum absolute atomic E-state index is 0.0443. The van der Waals surface area contributed by atoms with Gasteiger partial charge in [-0.2, -0.15) is 0 Å². The average Bonchev–Trinajstić information content (AvgIpc) is 3.44. The highest BCUT2D eigenvalue weighted by Crippen LogP contribution is 2.48. The molecule has 4 nitrogen and oxygen atoms in total. The molecule has 2 saturated carbocycles. The average molecular weight is 387 g/mol. The Bertz CT molecular complexity index is 840. The van der Waals surface area contributed by atoms with Crippen LogP contribution in [0.4, 0.5) is 4.39 Å². The molecular weight excluding hydrogens is 365 g/mol. The van der Waals surface area contributed by atoms with Crippen molar-refractivity contribution < 1.29 is 18.7 Å². The van der Waals surface area contributed by atoms with Crippen LogP contribution >= 0.6 is 11.8 Å². The number of benzene rings is 1. The molecule has 1 aromatic heterocycles. The number of thioether (sulfide) groups is 1. The Morgan fingerprint density at radius 1 is 1.30 bits per heavy atom. The standard InChI is InChI=1S/C21H22FNO3S/c1-25-21(24)17-11-16(17)13-8-9-19(18(22)10-13)26-12-14-4-2-7-20(23-14)27-15-5-3-6-15/h2,4,7-10,15-17H,3,5-6,11-12H2,1H3. The Morgan fingerprint density at radius 3 is 2.85 bits per heavy atom. The lowest BCUT2D eigenvalue weighted by atomic mass is 10.0. The molecule has 6 heteroatoms. The zero-order chi connectivity index (χ0) is 18.8. The molecule has 2 aromatic rings. The maximum absolute atomic E-state index is 14.4. The summed E-state index contributed by atoms with van der Waals surface area (Å²) in [6.45, 7) is 0.226. The van der Waals surface area contributed by atoms with Gasteiger partial charge in [0.05, 0.1) is 23.7 Å². The fourth-order valence-corrected chi connectivity index (χ4v) is 4.49. The normalized spacial score (nSPS) is 21.4. The fourth-order valence-electron chi connectivity index (χ4n) is 3.25. The van der Waals surface area contributed by atoms with Crippen LogP contribution in [0.25, 0.3) is 0 Å². The molecule has 0 bridgehead atoms. The molecule has 142 valence electrons. The largest absolute Gasteiger partial charge is 0.484 e. The zero-order valence-corrected chi connectivity index (χ0v) is 16.0. The van der Waals surface area contributed by atoms with E-state index in [0.717, 1.165) is 16.3 Å². The van der Waals surface area contributed by atoms with Gasteiger partial charge in [-0.25, -0.2) is 9.37 Å². The van der Waals surface area contributed by atoms with E-state index in [1.807, 2.05) is 36.0 Å². The van der Waals surface area contributed by atoms with E-state index in [1.165, 1.54) is 32.4 Å². The number of methoxy groups -OCH3 is 1. The van der Waals surface area contributed by atoms with Crippen LogP contribution in [0.15, 0.2) is 41.4 Å². The van der Waals surface area contributed by atoms with Crippen LogP contribution in [0.1, 0.15) is 42.9 Å². The predicted octanol–water partition coefficient (Wildman–Crippen LogP) is 4.72. The molecule has 2 atom stereocenters. The van der Waals surface area contributed by atoms with Gasteiger partial charge in [0.2, 0.25) is 0 Å². The van der Waals surface area contributed by atoms with Gasteiger partial charge in [0.25, 0.3) is 0 Å². The highest BCUT2D eigenvalue weighted by Gasteiger charge is 2.45. The quantitative estimate of drug-likeness (QED) is 0.644. The lowest BCUT2D eigenvalue weighted by Gasteiger charge is -2.24. The SMILES string of the molecule is COC(=O)C1CC1c1ccc(OCc2cccc(SC3CCC3)n2)c(F)c1. The molecule has 1 heterocycles. The highest BCUT2D eigenvalue weighted by molar-refractivity contribution is 7.99. The second kappa shape index (κ2) is 7.89. The highest BCUT2D eigenvalue weighted by atomic mass is 32.2. The van der Waals surface area contributed by atoms with Crippen LogP contribution in [0.3, 0.4) is 0 Å². The number of rotatable bonds is 7. The predicted molar refractivity (Wildman–Crippen MR) is 101 cm³/mol. The van der Waals surface area contributed by atoms with Gasteiger partial charge in [0.15, 0.2) is 11.6 Å². The maximum atomic E-state index is 14.4. The van der Waals surface area contributed by atoms with Crippen molar-refractivity contribution in [1.29, 1.82) is 0 Å². The van der Waals surface area contributed by atoms with E-state index in [0.29, 0.717) is 11.7 Å². The Balaban J connectivity index is 1.36. The van der Waals surface area contributed by atoms with Gasteiger partial charge in [-0.1, -0.05) is 18.6 Å². The minimum atomic E-state index is -0.414. The van der Waals surface area contributed by atoms with E-state index in [-0.39, 0.29) is 30.2 Å². The van der Waals surface area contributed by atoms with Crippen LogP contribution < -0.4 is 4.74 Å². The van der Waals surface area contributed by atoms with E-state index in [4.69, 9.17) is 9.47 Å². The summed E-state index contributed by atoms with van der Waals surface area (Å²) in [5.74, 6) is -0.550. The van der Waals surface area contributed by atoms with Gasteiger partial charge < -0.3 is 9.47 Å². The van der Waals surface area contributed by atoms with Gasteiger partial charge in [-0.05, 0) is 55.0 Å². The van der Waals surface area contributed by atoms with Crippen molar-refractivity contribution in [2.24, 2.45) is 5.92 Å². The summed E-state index contributed by atoms with van der Waals surface area (Å²) in [6, 6.07) is 10.8. The number of pyridine rings is 1. The molecule has 2 unspecified atom stereocenters. The number of aromatic nitrogens is 1. The molecule has 0 spiro atoms. The first-order valence-electron chi connectivity index (χ1n) is 9.26. The first-order valence-corrected chi connectivity index (χ1v) is 10.1. The first kappa shape index (κ1) is 18.3. The van der Waals surface area contributed by atoms with Gasteiger partial charge in [0.1, 0.15) is 6.61 Å². The number of ether oxygens (including phenoxy) is 2. The van der Waals surface area contributed by atoms with E-state index < -0.39 is 5.82 Å². The first-order chi connectivity index (χ1) is 13.1. The van der Waals surface area contributed by atoms with Crippen LogP contribution in [0.5, 0.6) is 5.75 Å². The van der Waals surface area contributed by atoms with Gasteiger partial charge >= 0.3 is 5.97 Å². The molecule has 0 saturated heterocycles. The second-order valence-electron chi connectivity index (χ2n) is 7.09. The molecule has 0 N–H and O–H groups in total. The Morgan fingerprint density at radius 2 is 2.15 bits per heavy atom. The maximum Gasteiger partial charge on any atom is 0.309 e. The van der Waals surface area contributed by atoms with Crippen molar-refractivity contribution >= 4 is 17.7 Å². The summed E-state index contributed by atoms with van der Waals surface area (Å²) in [6.07, 6.45) is 4.52. The number of hydrogen-bond donors (Lipinski definition) is 0. The lowest BCUT2D eigenvalue weighted by molar-refractivity contribution is -0.142. The van der Waals surface area contributed by atoms with Crippen molar-refractivity contribution in [3.05, 3.63) is 53.5 Å². The summed E-state index contributed by atoms with van der Waals surface area (Å²) < 4.78 is 24.8. The number of hydrogen-bond acceptors (Lipinski definition) is 5. The molecule has 0 radical (unpaired) electrons. The summed E-state index contributed by atoms with van der Waals surface area (Å²) >= 11 is 1.81. The minimum Gasteiger partial charge on any atom is -0.484 e. The molecule has 2 aliphatic carbocycles. The van der Waals surface area contributed by atoms with Crippen LogP contribution in [0, 0.1) is 11.7 Å². The van der Waals surface area contributed by atoms with Crippen LogP contribution in [0.2, 0.25) is 0 Å². The third-order valence-corrected chi connectivity index (χ3v) is 6.45. The molecular formula is C21H22FNO3S. The van der Waals surface area contributed by atoms with Crippen LogP contribution in [-0.2, 0) is 16.1 Å². The summed E-state index contributed by atoms with van der Waals surface area (Å²) in [7, 11) is 1.38. The summed E-state index contributed by atoms with van der Waals surface area (Å²) in [5, 5.41) is 1.68. The Hall–Kier alpha value is -2.08. The smallest absolute Gasteiger partial charge is 0.309 e. The van der Waals surface area contributed by atoms with Crippen molar-refractivity contribution in [2.45, 2.75) is 48.5 Å². The summed E-state index contributed by atoms with van der Waals surface area (Å²) in [4.78, 5) is 16.1. The molecule has 1 aromatic carbocycles. The topological polar surface area (TPSA) is 48.4 Å². The van der Waals surface area contributed by atoms with Crippen molar-refractivity contribution in [3.8, 4) is 5.75 Å². The number of esters is 1. The third-order valence-electron chi connectivity index (χ3n) is 5.17. The monoisotopic (exact) mass is 387 g/mol. The number of halogens is 1. The van der Waals surface area contributed by atoms with E-state index >= 15 is 0 Å². The molecule has 0 amide bonds.